The number of hydrogen-bond acceptors (Lipinski definition) is 5. The Morgan fingerprint density at radius 3 is 2.30 bits per heavy atom. The third-order valence-corrected chi connectivity index (χ3v) is 5.68. The summed E-state index contributed by atoms with van der Waals surface area (Å²) in [6, 6.07) is 4.09. The fraction of sp³-hybridized carbons (Fsp3) is 0.636. The zero-order chi connectivity index (χ0) is 22.3. The van der Waals surface area contributed by atoms with Gasteiger partial charge in [-0.1, -0.05) is 13.3 Å². The molecule has 0 spiro atoms. The highest BCUT2D eigenvalue weighted by Gasteiger charge is 2.40. The van der Waals surface area contributed by atoms with Gasteiger partial charge in [-0.3, -0.25) is 4.79 Å². The Bertz CT molecular complexity index is 716. The van der Waals surface area contributed by atoms with Crippen molar-refractivity contribution in [3.8, 4) is 17.2 Å². The minimum atomic E-state index is -0.225. The Hall–Kier alpha value is -2.22. The van der Waals surface area contributed by atoms with Crippen LogP contribution >= 0.6 is 12.2 Å². The lowest BCUT2D eigenvalue weighted by atomic mass is 9.88. The number of carbonyl (C=O) groups is 1. The van der Waals surface area contributed by atoms with Crippen LogP contribution in [-0.2, 0) is 4.79 Å². The lowest BCUT2D eigenvalue weighted by Crippen LogP contribution is -2.42. The quantitative estimate of drug-likeness (QED) is 0.455. The molecule has 1 aromatic carbocycles. The maximum Gasteiger partial charge on any atom is 0.225 e. The molecule has 1 heterocycles. The van der Waals surface area contributed by atoms with Crippen LogP contribution in [0.5, 0.6) is 17.2 Å². The molecule has 1 aliphatic rings. The fourth-order valence-corrected chi connectivity index (χ4v) is 4.13. The zero-order valence-corrected chi connectivity index (χ0v) is 19.7. The van der Waals surface area contributed by atoms with E-state index >= 15 is 0 Å². The molecule has 7 nitrogen and oxygen atoms in total. The molecule has 1 fully saturated rings. The van der Waals surface area contributed by atoms with Crippen molar-refractivity contribution < 1.29 is 19.0 Å². The number of ether oxygens (including phenoxy) is 3. The highest BCUT2D eigenvalue weighted by molar-refractivity contribution is 7.80. The predicted molar refractivity (Wildman–Crippen MR) is 123 cm³/mol. The summed E-state index contributed by atoms with van der Waals surface area (Å²) in [5, 5.41) is 7.05. The van der Waals surface area contributed by atoms with E-state index in [-0.39, 0.29) is 23.8 Å². The molecule has 8 heteroatoms. The number of methoxy groups -OCH3 is 3. The molecule has 0 aromatic heterocycles. The van der Waals surface area contributed by atoms with E-state index in [2.05, 4.69) is 22.5 Å². The second-order valence-corrected chi connectivity index (χ2v) is 8.21. The number of benzene rings is 1. The topological polar surface area (TPSA) is 72.1 Å². The maximum absolute atomic E-state index is 13.0. The summed E-state index contributed by atoms with van der Waals surface area (Å²) in [5.74, 6) is 1.48. The van der Waals surface area contributed by atoms with E-state index in [0.717, 1.165) is 18.4 Å². The van der Waals surface area contributed by atoms with Crippen LogP contribution in [0.1, 0.15) is 45.1 Å². The first-order valence-electron chi connectivity index (χ1n) is 10.5. The summed E-state index contributed by atoms with van der Waals surface area (Å²) >= 11 is 5.59. The standard InChI is InChI=1S/C22H35N3O4S/c1-7-8-9-23-21(26)17-13-25(22(30)24-14(2)3)12-16(17)15-10-18(27-4)20(29-6)19(11-15)28-5/h10-11,14,16-17H,7-9,12-13H2,1-6H3,(H,23,26)(H,24,30)/t16-,17-/m1/s1. The predicted octanol–water partition coefficient (Wildman–Crippen LogP) is 2.93. The first kappa shape index (κ1) is 24.1. The molecule has 2 atom stereocenters. The first-order chi connectivity index (χ1) is 14.4. The second kappa shape index (κ2) is 11.2. The van der Waals surface area contributed by atoms with Gasteiger partial charge in [-0.2, -0.15) is 0 Å². The van der Waals surface area contributed by atoms with Crippen molar-refractivity contribution >= 4 is 23.2 Å². The summed E-state index contributed by atoms with van der Waals surface area (Å²) in [7, 11) is 4.77. The van der Waals surface area contributed by atoms with Crippen molar-refractivity contribution in [1.82, 2.24) is 15.5 Å². The molecule has 0 saturated carbocycles. The van der Waals surface area contributed by atoms with E-state index in [0.29, 0.717) is 42.0 Å². The van der Waals surface area contributed by atoms with Gasteiger partial charge in [0.05, 0.1) is 27.2 Å². The number of amides is 1. The maximum atomic E-state index is 13.0. The van der Waals surface area contributed by atoms with Gasteiger partial charge >= 0.3 is 0 Å². The Labute approximate surface area is 185 Å². The molecule has 2 rings (SSSR count). The number of thiocarbonyl (C=S) groups is 1. The molecule has 168 valence electrons. The average Bonchev–Trinajstić information content (AvgIpc) is 3.18. The largest absolute Gasteiger partial charge is 0.493 e. The lowest BCUT2D eigenvalue weighted by molar-refractivity contribution is -0.124. The van der Waals surface area contributed by atoms with E-state index in [1.165, 1.54) is 0 Å². The highest BCUT2D eigenvalue weighted by Crippen LogP contribution is 2.43. The Morgan fingerprint density at radius 1 is 1.17 bits per heavy atom. The Morgan fingerprint density at radius 2 is 1.80 bits per heavy atom. The van der Waals surface area contributed by atoms with E-state index in [1.807, 2.05) is 26.0 Å². The van der Waals surface area contributed by atoms with Crippen LogP contribution < -0.4 is 24.8 Å². The number of likely N-dealkylation sites (tertiary alicyclic amines) is 1. The van der Waals surface area contributed by atoms with Crippen molar-refractivity contribution in [2.45, 2.75) is 45.6 Å². The van der Waals surface area contributed by atoms with Crippen LogP contribution in [-0.4, -0.2) is 62.9 Å². The number of nitrogens with zero attached hydrogens (tertiary/aromatic N) is 1. The average molecular weight is 438 g/mol. The van der Waals surface area contributed by atoms with Crippen LogP contribution in [0.2, 0.25) is 0 Å². The van der Waals surface area contributed by atoms with E-state index < -0.39 is 0 Å². The molecule has 0 unspecified atom stereocenters. The third kappa shape index (κ3) is 5.68. The van der Waals surface area contributed by atoms with E-state index in [4.69, 9.17) is 26.4 Å². The molecule has 2 N–H and O–H groups in total. The molecule has 1 aliphatic heterocycles. The van der Waals surface area contributed by atoms with Gasteiger partial charge < -0.3 is 29.7 Å². The number of unbranched alkanes of at least 4 members (excludes halogenated alkanes) is 1. The fourth-order valence-electron chi connectivity index (χ4n) is 3.75. The molecule has 0 aliphatic carbocycles. The number of nitrogens with one attached hydrogen (secondary N) is 2. The minimum Gasteiger partial charge on any atom is -0.493 e. The van der Waals surface area contributed by atoms with Gasteiger partial charge in [-0.05, 0) is 50.2 Å². The van der Waals surface area contributed by atoms with Crippen LogP contribution in [0.15, 0.2) is 12.1 Å². The van der Waals surface area contributed by atoms with E-state index in [9.17, 15) is 4.79 Å². The summed E-state index contributed by atoms with van der Waals surface area (Å²) in [5.41, 5.74) is 0.968. The van der Waals surface area contributed by atoms with Gasteiger partial charge in [0.25, 0.3) is 0 Å². The van der Waals surface area contributed by atoms with Gasteiger partial charge in [0.1, 0.15) is 0 Å². The summed E-state index contributed by atoms with van der Waals surface area (Å²) in [4.78, 5) is 15.1. The Kier molecular flexibility index (Phi) is 9.02. The van der Waals surface area contributed by atoms with Crippen molar-refractivity contribution in [1.29, 1.82) is 0 Å². The molecular weight excluding hydrogens is 402 g/mol. The van der Waals surface area contributed by atoms with Crippen molar-refractivity contribution in [3.63, 3.8) is 0 Å². The van der Waals surface area contributed by atoms with Gasteiger partial charge in [0, 0.05) is 31.6 Å². The van der Waals surface area contributed by atoms with E-state index in [1.54, 1.807) is 21.3 Å². The van der Waals surface area contributed by atoms with Gasteiger partial charge in [-0.25, -0.2) is 0 Å². The molecule has 0 radical (unpaired) electrons. The van der Waals surface area contributed by atoms with Crippen LogP contribution in [0.25, 0.3) is 0 Å². The number of rotatable bonds is 9. The smallest absolute Gasteiger partial charge is 0.225 e. The summed E-state index contributed by atoms with van der Waals surface area (Å²) in [6.45, 7) is 8.10. The van der Waals surface area contributed by atoms with Crippen molar-refractivity contribution in [2.75, 3.05) is 41.0 Å². The Balaban J connectivity index is 2.37. The van der Waals surface area contributed by atoms with Gasteiger partial charge in [0.15, 0.2) is 16.6 Å². The summed E-state index contributed by atoms with van der Waals surface area (Å²) < 4.78 is 16.5. The molecule has 1 saturated heterocycles. The minimum absolute atomic E-state index is 0.0488. The highest BCUT2D eigenvalue weighted by atomic mass is 32.1. The molecule has 1 aromatic rings. The van der Waals surface area contributed by atoms with Crippen LogP contribution in [0.4, 0.5) is 0 Å². The SMILES string of the molecule is CCCCNC(=O)[C@@H]1CN(C(=S)NC(C)C)C[C@@H]1c1cc(OC)c(OC)c(OC)c1. The molecule has 30 heavy (non-hydrogen) atoms. The van der Waals surface area contributed by atoms with Crippen molar-refractivity contribution in [2.24, 2.45) is 5.92 Å². The van der Waals surface area contributed by atoms with Crippen molar-refractivity contribution in [3.05, 3.63) is 17.7 Å². The summed E-state index contributed by atoms with van der Waals surface area (Å²) in [6.07, 6.45) is 2.00. The molecule has 1 amide bonds. The van der Waals surface area contributed by atoms with Crippen LogP contribution in [0.3, 0.4) is 0 Å². The van der Waals surface area contributed by atoms with Gasteiger partial charge in [-0.15, -0.1) is 0 Å². The first-order valence-corrected chi connectivity index (χ1v) is 10.9. The molecule has 0 bridgehead atoms. The monoisotopic (exact) mass is 437 g/mol. The van der Waals surface area contributed by atoms with Gasteiger partial charge in [0.2, 0.25) is 11.7 Å². The molecular formula is C22H35N3O4S. The number of hydrogen-bond donors (Lipinski definition) is 2. The third-order valence-electron chi connectivity index (χ3n) is 5.30. The second-order valence-electron chi connectivity index (χ2n) is 7.83. The normalized spacial score (nSPS) is 18.3. The van der Waals surface area contributed by atoms with Crippen LogP contribution in [0, 0.1) is 5.92 Å². The number of carbonyl (C=O) groups excluding carboxylic acids is 1. The lowest BCUT2D eigenvalue weighted by Gasteiger charge is -2.22. The zero-order valence-electron chi connectivity index (χ0n) is 18.9.